The molecule has 0 saturated heterocycles. The molecule has 4 rings (SSSR count). The van der Waals surface area contributed by atoms with E-state index in [4.69, 9.17) is 0 Å². The summed E-state index contributed by atoms with van der Waals surface area (Å²) in [6.45, 7) is 14.0. The SMILES string of the molecule is CC1=C(C)CCC([C@H](Nc2c(Nc3c(F)cc(C)c4c3C(=O)N[C@H]4C)c(=O)c2=O)C(C)(C)C)=C1. The Labute approximate surface area is 199 Å². The van der Waals surface area contributed by atoms with Crippen molar-refractivity contribution >= 4 is 23.0 Å². The van der Waals surface area contributed by atoms with Crippen molar-refractivity contribution in [1.29, 1.82) is 0 Å². The van der Waals surface area contributed by atoms with Gasteiger partial charge in [0.05, 0.1) is 23.3 Å². The summed E-state index contributed by atoms with van der Waals surface area (Å²) < 4.78 is 15.0. The summed E-state index contributed by atoms with van der Waals surface area (Å²) in [5.74, 6) is -1.04. The van der Waals surface area contributed by atoms with Crippen molar-refractivity contribution in [3.8, 4) is 0 Å². The molecule has 0 fully saturated rings. The number of halogens is 1. The van der Waals surface area contributed by atoms with Gasteiger partial charge in [0.25, 0.3) is 16.8 Å². The van der Waals surface area contributed by atoms with E-state index in [0.717, 1.165) is 18.4 Å². The zero-order valence-electron chi connectivity index (χ0n) is 20.8. The number of anilines is 3. The van der Waals surface area contributed by atoms with Crippen molar-refractivity contribution < 1.29 is 9.18 Å². The summed E-state index contributed by atoms with van der Waals surface area (Å²) >= 11 is 0. The summed E-state index contributed by atoms with van der Waals surface area (Å²) in [4.78, 5) is 37.7. The Bertz CT molecular complexity index is 1340. The fourth-order valence-electron chi connectivity index (χ4n) is 5.06. The fraction of sp³-hybridized carbons (Fsp3) is 0.444. The van der Waals surface area contributed by atoms with E-state index >= 15 is 4.39 Å². The minimum atomic E-state index is -0.722. The van der Waals surface area contributed by atoms with Gasteiger partial charge in [-0.3, -0.25) is 14.4 Å². The monoisotopic (exact) mass is 465 g/mol. The lowest BCUT2D eigenvalue weighted by atomic mass is 9.77. The first-order valence-corrected chi connectivity index (χ1v) is 11.7. The van der Waals surface area contributed by atoms with Gasteiger partial charge in [-0.2, -0.15) is 0 Å². The second kappa shape index (κ2) is 8.22. The van der Waals surface area contributed by atoms with Gasteiger partial charge in [-0.05, 0) is 68.7 Å². The number of carbonyl (C=O) groups excluding carboxylic acids is 1. The van der Waals surface area contributed by atoms with Crippen molar-refractivity contribution in [3.05, 3.63) is 71.8 Å². The molecule has 180 valence electrons. The number of hydrogen-bond acceptors (Lipinski definition) is 5. The summed E-state index contributed by atoms with van der Waals surface area (Å²) in [7, 11) is 0. The minimum Gasteiger partial charge on any atom is -0.373 e. The van der Waals surface area contributed by atoms with E-state index < -0.39 is 22.6 Å². The highest BCUT2D eigenvalue weighted by molar-refractivity contribution is 6.05. The number of amides is 1. The van der Waals surface area contributed by atoms with Crippen molar-refractivity contribution in [2.45, 2.75) is 73.4 Å². The maximum absolute atomic E-state index is 15.0. The van der Waals surface area contributed by atoms with Gasteiger partial charge < -0.3 is 16.0 Å². The van der Waals surface area contributed by atoms with Crippen molar-refractivity contribution in [2.24, 2.45) is 5.41 Å². The van der Waals surface area contributed by atoms with Gasteiger partial charge in [0.2, 0.25) is 0 Å². The summed E-state index contributed by atoms with van der Waals surface area (Å²) in [6, 6.07) is 0.882. The third-order valence-electron chi connectivity index (χ3n) is 7.08. The Kier molecular flexibility index (Phi) is 5.78. The smallest absolute Gasteiger partial charge is 0.254 e. The van der Waals surface area contributed by atoms with Crippen LogP contribution in [0.5, 0.6) is 0 Å². The molecular formula is C27H32FN3O3. The Balaban J connectivity index is 1.74. The molecule has 2 atom stereocenters. The molecule has 1 aliphatic carbocycles. The van der Waals surface area contributed by atoms with Crippen LogP contribution in [0.25, 0.3) is 0 Å². The van der Waals surface area contributed by atoms with Gasteiger partial charge >= 0.3 is 0 Å². The third kappa shape index (κ3) is 3.87. The maximum atomic E-state index is 15.0. The van der Waals surface area contributed by atoms with E-state index in [9.17, 15) is 14.4 Å². The second-order valence-electron chi connectivity index (χ2n) is 10.7. The second-order valence-corrected chi connectivity index (χ2v) is 10.7. The molecule has 0 aromatic heterocycles. The maximum Gasteiger partial charge on any atom is 0.254 e. The summed E-state index contributed by atoms with van der Waals surface area (Å²) in [5, 5.41) is 8.91. The van der Waals surface area contributed by atoms with Crippen LogP contribution >= 0.6 is 0 Å². The predicted molar refractivity (Wildman–Crippen MR) is 134 cm³/mol. The first kappa shape index (κ1) is 23.9. The third-order valence-corrected chi connectivity index (χ3v) is 7.08. The van der Waals surface area contributed by atoms with Crippen molar-refractivity contribution in [2.75, 3.05) is 10.6 Å². The first-order chi connectivity index (χ1) is 15.8. The van der Waals surface area contributed by atoms with Gasteiger partial charge in [-0.15, -0.1) is 0 Å². The molecular weight excluding hydrogens is 433 g/mol. The Morgan fingerprint density at radius 2 is 1.68 bits per heavy atom. The van der Waals surface area contributed by atoms with Crippen LogP contribution in [0.3, 0.4) is 0 Å². The van der Waals surface area contributed by atoms with Crippen LogP contribution in [0.4, 0.5) is 21.5 Å². The minimum absolute atomic E-state index is 0.00332. The largest absolute Gasteiger partial charge is 0.373 e. The van der Waals surface area contributed by atoms with E-state index in [1.807, 2.05) is 6.92 Å². The molecule has 1 aliphatic heterocycles. The summed E-state index contributed by atoms with van der Waals surface area (Å²) in [5.41, 5.74) is 3.68. The molecule has 1 amide bonds. The fourth-order valence-corrected chi connectivity index (χ4v) is 5.06. The molecule has 7 heteroatoms. The van der Waals surface area contributed by atoms with Crippen LogP contribution in [-0.4, -0.2) is 11.9 Å². The Morgan fingerprint density at radius 3 is 2.29 bits per heavy atom. The van der Waals surface area contributed by atoms with Crippen LogP contribution in [0.2, 0.25) is 0 Å². The van der Waals surface area contributed by atoms with Gasteiger partial charge in [0.15, 0.2) is 0 Å². The predicted octanol–water partition coefficient (Wildman–Crippen LogP) is 5.16. The van der Waals surface area contributed by atoms with Crippen LogP contribution in [-0.2, 0) is 0 Å². The zero-order valence-corrected chi connectivity index (χ0v) is 20.8. The number of hydrogen-bond donors (Lipinski definition) is 3. The molecule has 1 heterocycles. The van der Waals surface area contributed by atoms with Gasteiger partial charge in [-0.25, -0.2) is 4.39 Å². The summed E-state index contributed by atoms with van der Waals surface area (Å²) in [6.07, 6.45) is 3.95. The number of rotatable bonds is 5. The topological polar surface area (TPSA) is 87.3 Å². The molecule has 34 heavy (non-hydrogen) atoms. The highest BCUT2D eigenvalue weighted by atomic mass is 19.1. The number of fused-ring (bicyclic) bond motifs is 1. The number of carbonyl (C=O) groups is 1. The molecule has 2 aliphatic rings. The van der Waals surface area contributed by atoms with E-state index in [-0.39, 0.29) is 40.1 Å². The normalized spacial score (nSPS) is 19.1. The molecule has 2 aromatic carbocycles. The number of aryl methyl sites for hydroxylation is 1. The quantitative estimate of drug-likeness (QED) is 0.531. The molecule has 2 aromatic rings. The molecule has 0 radical (unpaired) electrons. The average molecular weight is 466 g/mol. The van der Waals surface area contributed by atoms with E-state index in [0.29, 0.717) is 11.1 Å². The Hall–Kier alpha value is -3.22. The molecule has 6 nitrogen and oxygen atoms in total. The first-order valence-electron chi connectivity index (χ1n) is 11.7. The number of allylic oxidation sites excluding steroid dienone is 3. The van der Waals surface area contributed by atoms with Crippen LogP contribution in [0.1, 0.15) is 81.9 Å². The van der Waals surface area contributed by atoms with Gasteiger partial charge in [0.1, 0.15) is 17.2 Å². The lowest BCUT2D eigenvalue weighted by Gasteiger charge is -2.36. The average Bonchev–Trinajstić information content (AvgIpc) is 3.04. The van der Waals surface area contributed by atoms with Crippen LogP contribution < -0.4 is 26.8 Å². The Morgan fingerprint density at radius 1 is 1.03 bits per heavy atom. The van der Waals surface area contributed by atoms with Crippen molar-refractivity contribution in [3.63, 3.8) is 0 Å². The number of benzene rings is 1. The van der Waals surface area contributed by atoms with E-state index in [2.05, 4.69) is 56.6 Å². The number of nitrogens with one attached hydrogen (secondary N) is 3. The standard InChI is InChI=1S/C27H32FN3O3/c1-12-8-9-16(10-13(12)2)25(27(5,6)7)31-22-21(23(32)24(22)33)30-20-17(28)11-14(3)18-15(4)29-26(34)19(18)20/h10-11,15,25,30-31H,8-9H2,1-7H3,(H,29,34)/t15-,25-/m0/s1. The molecule has 3 N–H and O–H groups in total. The van der Waals surface area contributed by atoms with Crippen LogP contribution in [0.15, 0.2) is 38.5 Å². The zero-order chi connectivity index (χ0) is 25.1. The van der Waals surface area contributed by atoms with E-state index in [1.165, 1.54) is 17.2 Å². The van der Waals surface area contributed by atoms with Crippen LogP contribution in [0, 0.1) is 18.2 Å². The lowest BCUT2D eigenvalue weighted by Crippen LogP contribution is -2.44. The van der Waals surface area contributed by atoms with Gasteiger partial charge in [-0.1, -0.05) is 38.0 Å². The van der Waals surface area contributed by atoms with Crippen molar-refractivity contribution in [1.82, 2.24) is 5.32 Å². The highest BCUT2D eigenvalue weighted by Crippen LogP contribution is 2.39. The molecule has 0 spiro atoms. The van der Waals surface area contributed by atoms with E-state index in [1.54, 1.807) is 6.92 Å². The molecule has 0 bridgehead atoms. The molecule has 0 saturated carbocycles. The van der Waals surface area contributed by atoms with Gasteiger partial charge in [0, 0.05) is 0 Å². The lowest BCUT2D eigenvalue weighted by molar-refractivity contribution is 0.0959. The highest BCUT2D eigenvalue weighted by Gasteiger charge is 2.36. The molecule has 0 unspecified atom stereocenters.